The largest absolute Gasteiger partial charge is 0.495 e. The molecule has 0 amide bonds. The molecule has 1 N–H and O–H groups in total. The summed E-state index contributed by atoms with van der Waals surface area (Å²) in [6.45, 7) is 7.94. The Hall–Kier alpha value is -1.61. The molecule has 4 nitrogen and oxygen atoms in total. The molecule has 0 atom stereocenters. The first-order chi connectivity index (χ1) is 11.0. The number of para-hydroxylation sites is 2. The summed E-state index contributed by atoms with van der Waals surface area (Å²) in [6, 6.07) is 12.2. The molecule has 1 saturated heterocycles. The van der Waals surface area contributed by atoms with Gasteiger partial charge in [0.15, 0.2) is 0 Å². The molecule has 2 aromatic rings. The van der Waals surface area contributed by atoms with Crippen molar-refractivity contribution in [3.05, 3.63) is 53.1 Å². The smallest absolute Gasteiger partial charge is 0.203 e. The van der Waals surface area contributed by atoms with E-state index in [4.69, 9.17) is 10.1 Å². The van der Waals surface area contributed by atoms with Gasteiger partial charge in [-0.1, -0.05) is 29.8 Å². The number of ether oxygens (including phenoxy) is 1. The van der Waals surface area contributed by atoms with Crippen molar-refractivity contribution in [2.24, 2.45) is 0 Å². The molecule has 24 heavy (non-hydrogen) atoms. The van der Waals surface area contributed by atoms with E-state index < -0.39 is 0 Å². The first-order valence-electron chi connectivity index (χ1n) is 7.87. The third kappa shape index (κ3) is 3.28. The van der Waals surface area contributed by atoms with E-state index in [0.29, 0.717) is 5.96 Å². The standard InChI is InChI=1S/C19H23N3O.Zr/c1-13-11-14(2)18(15(3)12-13)22-10-9-21(19(22)20)16-7-5-6-8-17(16)23-4;/h5-8,11-12,20H,9-10H2,1-4H3;. The van der Waals surface area contributed by atoms with Gasteiger partial charge in [-0.3, -0.25) is 5.41 Å². The van der Waals surface area contributed by atoms with Crippen molar-refractivity contribution in [1.29, 1.82) is 5.41 Å². The summed E-state index contributed by atoms with van der Waals surface area (Å²) >= 11 is 0. The van der Waals surface area contributed by atoms with Crippen LogP contribution >= 0.6 is 0 Å². The normalized spacial score (nSPS) is 13.9. The van der Waals surface area contributed by atoms with Gasteiger partial charge in [0.05, 0.1) is 12.8 Å². The summed E-state index contributed by atoms with van der Waals surface area (Å²) in [5.41, 5.74) is 5.79. The number of rotatable bonds is 3. The van der Waals surface area contributed by atoms with Crippen molar-refractivity contribution in [3.63, 3.8) is 0 Å². The van der Waals surface area contributed by atoms with Gasteiger partial charge in [-0.2, -0.15) is 0 Å². The third-order valence-corrected chi connectivity index (χ3v) is 4.34. The predicted octanol–water partition coefficient (Wildman–Crippen LogP) is 3.88. The fourth-order valence-electron chi connectivity index (χ4n) is 3.46. The molecule has 1 heterocycles. The molecular formula is C19H23N3OZr. The van der Waals surface area contributed by atoms with E-state index in [0.717, 1.165) is 30.2 Å². The van der Waals surface area contributed by atoms with Crippen molar-refractivity contribution in [2.45, 2.75) is 20.8 Å². The topological polar surface area (TPSA) is 39.6 Å². The first-order valence-corrected chi connectivity index (χ1v) is 7.87. The van der Waals surface area contributed by atoms with Crippen molar-refractivity contribution in [2.75, 3.05) is 30.0 Å². The number of nitrogens with zero attached hydrogens (tertiary/aromatic N) is 2. The summed E-state index contributed by atoms with van der Waals surface area (Å²) in [6.07, 6.45) is 0. The maximum absolute atomic E-state index is 8.65. The molecule has 0 radical (unpaired) electrons. The Kier molecular flexibility index (Phi) is 5.87. The second kappa shape index (κ2) is 7.52. The molecule has 124 valence electrons. The average Bonchev–Trinajstić information content (AvgIpc) is 2.88. The first kappa shape index (κ1) is 18.7. The average molecular weight is 401 g/mol. The second-order valence-electron chi connectivity index (χ2n) is 6.05. The maximum atomic E-state index is 8.65. The van der Waals surface area contributed by atoms with E-state index in [1.807, 2.05) is 29.2 Å². The molecule has 0 aromatic heterocycles. The summed E-state index contributed by atoms with van der Waals surface area (Å²) in [5, 5.41) is 8.65. The van der Waals surface area contributed by atoms with Gasteiger partial charge < -0.3 is 14.5 Å². The zero-order valence-electron chi connectivity index (χ0n) is 14.7. The van der Waals surface area contributed by atoms with Crippen LogP contribution in [0.25, 0.3) is 0 Å². The Morgan fingerprint density at radius 3 is 2.17 bits per heavy atom. The Morgan fingerprint density at radius 2 is 1.54 bits per heavy atom. The summed E-state index contributed by atoms with van der Waals surface area (Å²) in [5.74, 6) is 1.31. The number of methoxy groups -OCH3 is 1. The molecule has 1 fully saturated rings. The summed E-state index contributed by atoms with van der Waals surface area (Å²) in [4.78, 5) is 4.11. The van der Waals surface area contributed by atoms with E-state index in [9.17, 15) is 0 Å². The number of anilines is 2. The quantitative estimate of drug-likeness (QED) is 0.850. The van der Waals surface area contributed by atoms with Crippen LogP contribution in [0.5, 0.6) is 5.75 Å². The molecule has 2 aromatic carbocycles. The van der Waals surface area contributed by atoms with Gasteiger partial charge in [-0.15, -0.1) is 0 Å². The minimum atomic E-state index is 0. The van der Waals surface area contributed by atoms with Gasteiger partial charge in [-0.05, 0) is 44.0 Å². The van der Waals surface area contributed by atoms with Gasteiger partial charge in [0.1, 0.15) is 5.75 Å². The molecule has 0 unspecified atom stereocenters. The van der Waals surface area contributed by atoms with E-state index >= 15 is 0 Å². The monoisotopic (exact) mass is 399 g/mol. The molecule has 0 saturated carbocycles. The third-order valence-electron chi connectivity index (χ3n) is 4.34. The SMILES string of the molecule is COc1ccccc1N1CCN(c2c(C)cc(C)cc2C)C1=N.[Zr]. The summed E-state index contributed by atoms with van der Waals surface area (Å²) < 4.78 is 5.45. The molecule has 5 heteroatoms. The Bertz CT molecular complexity index is 737. The minimum absolute atomic E-state index is 0. The van der Waals surface area contributed by atoms with Crippen LogP contribution in [0.4, 0.5) is 11.4 Å². The number of nitrogens with one attached hydrogen (secondary N) is 1. The molecule has 3 rings (SSSR count). The number of aryl methyl sites for hydroxylation is 3. The van der Waals surface area contributed by atoms with Gasteiger partial charge in [0.25, 0.3) is 0 Å². The van der Waals surface area contributed by atoms with Crippen LogP contribution < -0.4 is 14.5 Å². The van der Waals surface area contributed by atoms with Gasteiger partial charge >= 0.3 is 0 Å². The molecule has 1 aliphatic heterocycles. The van der Waals surface area contributed by atoms with Crippen molar-refractivity contribution >= 4 is 17.3 Å². The minimum Gasteiger partial charge on any atom is -0.495 e. The maximum Gasteiger partial charge on any atom is 0.203 e. The van der Waals surface area contributed by atoms with Crippen LogP contribution in [0.1, 0.15) is 16.7 Å². The van der Waals surface area contributed by atoms with Gasteiger partial charge in [0, 0.05) is 45.0 Å². The Morgan fingerprint density at radius 1 is 0.958 bits per heavy atom. The van der Waals surface area contributed by atoms with E-state index in [2.05, 4.69) is 37.8 Å². The fourth-order valence-corrected chi connectivity index (χ4v) is 3.46. The molecule has 0 aliphatic carbocycles. The number of hydrogen-bond donors (Lipinski definition) is 1. The van der Waals surface area contributed by atoms with Crippen LogP contribution in [0.3, 0.4) is 0 Å². The fraction of sp³-hybridized carbons (Fsp3) is 0.316. The zero-order valence-corrected chi connectivity index (χ0v) is 17.1. The molecular weight excluding hydrogens is 377 g/mol. The van der Waals surface area contributed by atoms with Gasteiger partial charge in [0.2, 0.25) is 5.96 Å². The second-order valence-corrected chi connectivity index (χ2v) is 6.05. The van der Waals surface area contributed by atoms with Crippen LogP contribution in [-0.4, -0.2) is 26.2 Å². The van der Waals surface area contributed by atoms with Crippen LogP contribution in [-0.2, 0) is 26.2 Å². The van der Waals surface area contributed by atoms with Crippen molar-refractivity contribution in [3.8, 4) is 5.75 Å². The van der Waals surface area contributed by atoms with E-state index in [-0.39, 0.29) is 26.2 Å². The number of hydrogen-bond acceptors (Lipinski definition) is 2. The van der Waals surface area contributed by atoms with Crippen molar-refractivity contribution < 1.29 is 30.9 Å². The van der Waals surface area contributed by atoms with Crippen LogP contribution in [0.2, 0.25) is 0 Å². The zero-order chi connectivity index (χ0) is 16.6. The molecule has 0 bridgehead atoms. The van der Waals surface area contributed by atoms with E-state index in [1.165, 1.54) is 16.7 Å². The van der Waals surface area contributed by atoms with Crippen molar-refractivity contribution in [1.82, 2.24) is 0 Å². The van der Waals surface area contributed by atoms with Gasteiger partial charge in [-0.25, -0.2) is 0 Å². The summed E-state index contributed by atoms with van der Waals surface area (Å²) in [7, 11) is 1.67. The number of benzene rings is 2. The molecule has 0 spiro atoms. The Labute approximate surface area is 163 Å². The van der Waals surface area contributed by atoms with Crippen LogP contribution in [0, 0.1) is 26.2 Å². The molecule has 1 aliphatic rings. The Balaban J connectivity index is 0.00000208. The van der Waals surface area contributed by atoms with E-state index in [1.54, 1.807) is 7.11 Å². The number of guanidine groups is 1. The van der Waals surface area contributed by atoms with Crippen LogP contribution in [0.15, 0.2) is 36.4 Å². The predicted molar refractivity (Wildman–Crippen MR) is 96.1 cm³/mol.